The highest BCUT2D eigenvalue weighted by molar-refractivity contribution is 5.79. The van der Waals surface area contributed by atoms with Crippen molar-refractivity contribution in [3.63, 3.8) is 0 Å². The SMILES string of the molecule is O=C(O)C(Cc1cccc(CC(=O)N(CCOc2cccc(CC(C(=O)O)C3CCNC3)c2)Cc2cccc(CC(C(=O)O)C3CCNC3)c2)c1)C1CCNC1. The van der Waals surface area contributed by atoms with Crippen LogP contribution < -0.4 is 20.7 Å². The normalized spacial score (nSPS) is 21.0. The second-order valence-electron chi connectivity index (χ2n) is 15.8. The number of nitrogens with one attached hydrogen (secondary N) is 3. The number of hydrogen-bond donors (Lipinski definition) is 6. The Morgan fingerprint density at radius 3 is 1.50 bits per heavy atom. The van der Waals surface area contributed by atoms with E-state index < -0.39 is 35.7 Å². The molecule has 0 aliphatic carbocycles. The van der Waals surface area contributed by atoms with Gasteiger partial charge in [0, 0.05) is 6.54 Å². The van der Waals surface area contributed by atoms with Gasteiger partial charge in [-0.05, 0) is 135 Å². The molecule has 12 heteroatoms. The molecule has 300 valence electrons. The summed E-state index contributed by atoms with van der Waals surface area (Å²) in [7, 11) is 0. The fraction of sp³-hybridized carbons (Fsp3) is 0.500. The second kappa shape index (κ2) is 19.9. The van der Waals surface area contributed by atoms with Crippen LogP contribution in [0.25, 0.3) is 0 Å². The summed E-state index contributed by atoms with van der Waals surface area (Å²) < 4.78 is 6.19. The maximum absolute atomic E-state index is 14.1. The zero-order valence-electron chi connectivity index (χ0n) is 32.0. The standard InChI is InChI=1S/C44H56N4O8/c49-41(24-31-6-1-4-29(18-31)21-38(42(50)51)34-10-13-45-25-34)48(28-33-8-2-5-30(19-33)22-39(43(52)53)35-11-14-46-26-35)16-17-56-37-9-3-7-32(20-37)23-40(44(54)55)36-12-15-47-27-36/h1-9,18-20,34-36,38-40,45-47H,10-17,21-28H2,(H,50,51)(H,52,53)(H,54,55). The lowest BCUT2D eigenvalue weighted by Crippen LogP contribution is -2.35. The number of carboxylic acid groups (broad SMARTS) is 3. The van der Waals surface area contributed by atoms with Crippen LogP contribution in [0.2, 0.25) is 0 Å². The van der Waals surface area contributed by atoms with Gasteiger partial charge in [-0.15, -0.1) is 0 Å². The first kappa shape index (κ1) is 40.9. The average Bonchev–Trinajstić information content (AvgIpc) is 4.00. The minimum Gasteiger partial charge on any atom is -0.492 e. The van der Waals surface area contributed by atoms with Crippen LogP contribution in [0.1, 0.15) is 47.1 Å². The van der Waals surface area contributed by atoms with E-state index in [1.54, 1.807) is 4.90 Å². The van der Waals surface area contributed by atoms with Crippen LogP contribution in [-0.2, 0) is 51.4 Å². The second-order valence-corrected chi connectivity index (χ2v) is 15.8. The van der Waals surface area contributed by atoms with E-state index in [9.17, 15) is 34.5 Å². The van der Waals surface area contributed by atoms with Crippen LogP contribution in [0.3, 0.4) is 0 Å². The molecule has 3 aliphatic rings. The van der Waals surface area contributed by atoms with E-state index in [-0.39, 0.29) is 43.2 Å². The van der Waals surface area contributed by atoms with Crippen molar-refractivity contribution < 1.29 is 39.2 Å². The van der Waals surface area contributed by atoms with Gasteiger partial charge in [0.1, 0.15) is 12.4 Å². The van der Waals surface area contributed by atoms with Crippen LogP contribution in [0, 0.1) is 35.5 Å². The summed E-state index contributed by atoms with van der Waals surface area (Å²) in [5.74, 6) is -3.20. The Bertz CT molecular complexity index is 1800. The third-order valence-corrected chi connectivity index (χ3v) is 11.9. The molecular weight excluding hydrogens is 713 g/mol. The molecule has 12 nitrogen and oxygen atoms in total. The van der Waals surface area contributed by atoms with Crippen molar-refractivity contribution in [2.24, 2.45) is 35.5 Å². The summed E-state index contributed by atoms with van der Waals surface area (Å²) in [6.07, 6.45) is 3.82. The molecule has 3 aliphatic heterocycles. The van der Waals surface area contributed by atoms with Crippen molar-refractivity contribution in [3.05, 3.63) is 101 Å². The van der Waals surface area contributed by atoms with E-state index in [1.165, 1.54) is 0 Å². The number of rotatable bonds is 20. The molecule has 1 amide bonds. The molecule has 3 aromatic rings. The van der Waals surface area contributed by atoms with Gasteiger partial charge in [-0.3, -0.25) is 19.2 Å². The Kier molecular flexibility index (Phi) is 14.5. The first-order valence-electron chi connectivity index (χ1n) is 20.1. The first-order chi connectivity index (χ1) is 27.1. The fourth-order valence-corrected chi connectivity index (χ4v) is 8.75. The van der Waals surface area contributed by atoms with Gasteiger partial charge in [0.2, 0.25) is 5.91 Å². The molecule has 6 unspecified atom stereocenters. The lowest BCUT2D eigenvalue weighted by atomic mass is 9.86. The van der Waals surface area contributed by atoms with Crippen LogP contribution in [0.15, 0.2) is 72.8 Å². The minimum atomic E-state index is -0.804. The quantitative estimate of drug-likeness (QED) is 0.0984. The number of ether oxygens (including phenoxy) is 1. The third-order valence-electron chi connectivity index (χ3n) is 11.9. The summed E-state index contributed by atoms with van der Waals surface area (Å²) in [6.45, 7) is 5.32. The monoisotopic (exact) mass is 768 g/mol. The molecule has 0 bridgehead atoms. The van der Waals surface area contributed by atoms with E-state index in [0.717, 1.165) is 66.7 Å². The highest BCUT2D eigenvalue weighted by atomic mass is 16.5. The van der Waals surface area contributed by atoms with Gasteiger partial charge in [-0.1, -0.05) is 60.7 Å². The van der Waals surface area contributed by atoms with Crippen LogP contribution >= 0.6 is 0 Å². The minimum absolute atomic E-state index is 0.0635. The van der Waals surface area contributed by atoms with E-state index >= 15 is 0 Å². The Hall–Kier alpha value is -4.78. The van der Waals surface area contributed by atoms with Crippen LogP contribution in [-0.4, -0.2) is 96.5 Å². The molecular formula is C44H56N4O8. The van der Waals surface area contributed by atoms with Crippen molar-refractivity contribution >= 4 is 23.8 Å². The van der Waals surface area contributed by atoms with Gasteiger partial charge in [-0.2, -0.15) is 0 Å². The highest BCUT2D eigenvalue weighted by Gasteiger charge is 2.33. The zero-order chi connectivity index (χ0) is 39.4. The van der Waals surface area contributed by atoms with E-state index in [4.69, 9.17) is 4.74 Å². The Balaban J connectivity index is 1.15. The number of aliphatic carboxylic acids is 3. The predicted molar refractivity (Wildman–Crippen MR) is 211 cm³/mol. The maximum atomic E-state index is 14.1. The molecule has 6 N–H and O–H groups in total. The molecule has 3 aromatic carbocycles. The summed E-state index contributed by atoms with van der Waals surface area (Å²) in [6, 6.07) is 22.9. The Morgan fingerprint density at radius 2 is 1.04 bits per heavy atom. The molecule has 0 saturated carbocycles. The molecule has 56 heavy (non-hydrogen) atoms. The average molecular weight is 769 g/mol. The smallest absolute Gasteiger partial charge is 0.307 e. The van der Waals surface area contributed by atoms with E-state index in [0.29, 0.717) is 51.2 Å². The molecule has 0 spiro atoms. The van der Waals surface area contributed by atoms with E-state index in [1.807, 2.05) is 72.8 Å². The molecule has 3 fully saturated rings. The molecule has 3 saturated heterocycles. The molecule has 6 rings (SSSR count). The summed E-state index contributed by atoms with van der Waals surface area (Å²) in [4.78, 5) is 52.4. The molecule has 3 heterocycles. The molecule has 0 radical (unpaired) electrons. The largest absolute Gasteiger partial charge is 0.492 e. The van der Waals surface area contributed by atoms with Crippen molar-refractivity contribution in [2.45, 2.75) is 51.5 Å². The fourth-order valence-electron chi connectivity index (χ4n) is 8.75. The van der Waals surface area contributed by atoms with Gasteiger partial charge >= 0.3 is 17.9 Å². The van der Waals surface area contributed by atoms with Crippen molar-refractivity contribution in [3.8, 4) is 5.75 Å². The van der Waals surface area contributed by atoms with Gasteiger partial charge in [0.15, 0.2) is 0 Å². The Labute approximate surface area is 329 Å². The van der Waals surface area contributed by atoms with Crippen molar-refractivity contribution in [2.75, 3.05) is 52.4 Å². The first-order valence-corrected chi connectivity index (χ1v) is 20.1. The predicted octanol–water partition coefficient (Wildman–Crippen LogP) is 3.90. The Morgan fingerprint density at radius 1 is 0.607 bits per heavy atom. The number of carbonyl (C=O) groups is 4. The van der Waals surface area contributed by atoms with Gasteiger partial charge < -0.3 is 40.9 Å². The van der Waals surface area contributed by atoms with Crippen molar-refractivity contribution in [1.82, 2.24) is 20.9 Å². The molecule has 6 atom stereocenters. The third kappa shape index (κ3) is 11.4. The van der Waals surface area contributed by atoms with Gasteiger partial charge in [0.25, 0.3) is 0 Å². The van der Waals surface area contributed by atoms with Crippen LogP contribution in [0.5, 0.6) is 5.75 Å². The summed E-state index contributed by atoms with van der Waals surface area (Å²) in [5, 5.41) is 39.8. The van der Waals surface area contributed by atoms with E-state index in [2.05, 4.69) is 16.0 Å². The van der Waals surface area contributed by atoms with Crippen molar-refractivity contribution in [1.29, 1.82) is 0 Å². The van der Waals surface area contributed by atoms with Gasteiger partial charge in [0.05, 0.1) is 30.7 Å². The highest BCUT2D eigenvalue weighted by Crippen LogP contribution is 2.27. The number of nitrogens with zero attached hydrogens (tertiary/aromatic N) is 1. The summed E-state index contributed by atoms with van der Waals surface area (Å²) >= 11 is 0. The van der Waals surface area contributed by atoms with Gasteiger partial charge in [-0.25, -0.2) is 0 Å². The maximum Gasteiger partial charge on any atom is 0.307 e. The zero-order valence-corrected chi connectivity index (χ0v) is 32.0. The topological polar surface area (TPSA) is 178 Å². The lowest BCUT2D eigenvalue weighted by molar-refractivity contribution is -0.144. The number of benzene rings is 3. The van der Waals surface area contributed by atoms with Crippen LogP contribution in [0.4, 0.5) is 0 Å². The molecule has 0 aromatic heterocycles. The number of carbonyl (C=O) groups excluding carboxylic acids is 1. The lowest BCUT2D eigenvalue weighted by Gasteiger charge is -2.24. The summed E-state index contributed by atoms with van der Waals surface area (Å²) in [5.41, 5.74) is 4.36. The number of carboxylic acids is 3. The number of amides is 1. The number of hydrogen-bond acceptors (Lipinski definition) is 8.